The molecule has 2 heterocycles. The second kappa shape index (κ2) is 13.3. The number of thioether (sulfide) groups is 1. The Hall–Kier alpha value is -2.92. The van der Waals surface area contributed by atoms with E-state index in [1.54, 1.807) is 30.0 Å². The first-order valence-electron chi connectivity index (χ1n) is 9.49. The number of carbonyl (C=O) groups excluding carboxylic acids is 3. The van der Waals surface area contributed by atoms with Gasteiger partial charge in [0.05, 0.1) is 6.42 Å². The lowest BCUT2D eigenvalue weighted by atomic mass is 10.2. The Morgan fingerprint density at radius 2 is 2.07 bits per heavy atom. The van der Waals surface area contributed by atoms with Gasteiger partial charge in [-0.25, -0.2) is 15.3 Å². The van der Waals surface area contributed by atoms with Crippen LogP contribution in [0.5, 0.6) is 0 Å². The summed E-state index contributed by atoms with van der Waals surface area (Å²) in [4.78, 5) is 43.1. The molecular formula is C19H25N5O5S. The van der Waals surface area contributed by atoms with Crippen molar-refractivity contribution in [2.24, 2.45) is 4.99 Å². The van der Waals surface area contributed by atoms with Crippen molar-refractivity contribution in [1.29, 1.82) is 0 Å². The molecule has 1 aromatic heterocycles. The molecule has 30 heavy (non-hydrogen) atoms. The highest BCUT2D eigenvalue weighted by atomic mass is 32.2. The van der Waals surface area contributed by atoms with Crippen LogP contribution in [0.2, 0.25) is 0 Å². The van der Waals surface area contributed by atoms with Crippen LogP contribution in [-0.2, 0) is 20.9 Å². The van der Waals surface area contributed by atoms with E-state index < -0.39 is 12.0 Å². The topological polar surface area (TPSA) is 142 Å². The molecule has 1 aromatic rings. The number of aromatic nitrogens is 1. The number of rotatable bonds is 10. The Labute approximate surface area is 178 Å². The molecule has 0 bridgehead atoms. The fourth-order valence-electron chi connectivity index (χ4n) is 2.45. The molecule has 11 heteroatoms. The molecule has 2 rings (SSSR count). The Morgan fingerprint density at radius 3 is 2.83 bits per heavy atom. The number of pyridine rings is 1. The van der Waals surface area contributed by atoms with Crippen molar-refractivity contribution in [3.8, 4) is 0 Å². The van der Waals surface area contributed by atoms with Crippen LogP contribution in [0.3, 0.4) is 0 Å². The quantitative estimate of drug-likeness (QED) is 0.250. The van der Waals surface area contributed by atoms with Gasteiger partial charge >= 0.3 is 6.09 Å². The number of ether oxygens (including phenoxy) is 1. The number of amidine groups is 1. The zero-order valence-corrected chi connectivity index (χ0v) is 17.2. The summed E-state index contributed by atoms with van der Waals surface area (Å²) < 4.78 is 5.13. The van der Waals surface area contributed by atoms with E-state index in [1.165, 1.54) is 11.8 Å². The predicted octanol–water partition coefficient (Wildman–Crippen LogP) is 1.87. The van der Waals surface area contributed by atoms with Crippen molar-refractivity contribution >= 4 is 34.8 Å². The number of hydrogen-bond acceptors (Lipinski definition) is 8. The Bertz CT molecular complexity index is 785. The van der Waals surface area contributed by atoms with Crippen molar-refractivity contribution in [3.05, 3.63) is 41.9 Å². The molecule has 3 amide bonds. The second-order valence-electron chi connectivity index (χ2n) is 6.36. The first-order chi connectivity index (χ1) is 14.6. The highest BCUT2D eigenvalue weighted by molar-refractivity contribution is 8.14. The van der Waals surface area contributed by atoms with Crippen LogP contribution in [0.1, 0.15) is 37.7 Å². The van der Waals surface area contributed by atoms with E-state index >= 15 is 0 Å². The van der Waals surface area contributed by atoms with Crippen LogP contribution in [0, 0.1) is 0 Å². The summed E-state index contributed by atoms with van der Waals surface area (Å²) in [6.07, 6.45) is 6.98. The van der Waals surface area contributed by atoms with Crippen molar-refractivity contribution in [1.82, 2.24) is 21.1 Å². The highest BCUT2D eigenvalue weighted by Gasteiger charge is 2.14. The summed E-state index contributed by atoms with van der Waals surface area (Å²) >= 11 is 1.34. The molecule has 0 atom stereocenters. The molecule has 162 valence electrons. The van der Waals surface area contributed by atoms with E-state index in [0.29, 0.717) is 29.6 Å². The van der Waals surface area contributed by atoms with Gasteiger partial charge in [0.2, 0.25) is 11.8 Å². The number of aliphatic imine (C=N–C) groups is 1. The summed E-state index contributed by atoms with van der Waals surface area (Å²) in [7, 11) is 0. The van der Waals surface area contributed by atoms with E-state index in [9.17, 15) is 14.4 Å². The zero-order chi connectivity index (χ0) is 21.6. The summed E-state index contributed by atoms with van der Waals surface area (Å²) in [5.74, 6) is 0.0185. The lowest BCUT2D eigenvalue weighted by molar-refractivity contribution is -0.129. The molecular weight excluding hydrogens is 410 g/mol. The van der Waals surface area contributed by atoms with Gasteiger partial charge in [-0.1, -0.05) is 30.3 Å². The van der Waals surface area contributed by atoms with E-state index in [4.69, 9.17) is 9.94 Å². The molecule has 0 fully saturated rings. The third-order valence-corrected chi connectivity index (χ3v) is 4.76. The smallest absolute Gasteiger partial charge is 0.413 e. The van der Waals surface area contributed by atoms with Gasteiger partial charge in [-0.05, 0) is 18.9 Å². The van der Waals surface area contributed by atoms with Gasteiger partial charge in [-0.15, -0.1) is 0 Å². The lowest BCUT2D eigenvalue weighted by Crippen LogP contribution is -2.30. The molecule has 0 spiro atoms. The van der Waals surface area contributed by atoms with Gasteiger partial charge in [0.1, 0.15) is 6.61 Å². The maximum absolute atomic E-state index is 12.0. The van der Waals surface area contributed by atoms with Gasteiger partial charge in [-0.2, -0.15) is 0 Å². The number of hydrogen-bond donors (Lipinski definition) is 4. The van der Waals surface area contributed by atoms with Crippen molar-refractivity contribution in [3.63, 3.8) is 0 Å². The van der Waals surface area contributed by atoms with Crippen molar-refractivity contribution in [2.45, 2.75) is 38.7 Å². The fraction of sp³-hybridized carbons (Fsp3) is 0.421. The molecule has 0 radical (unpaired) electrons. The second-order valence-corrected chi connectivity index (χ2v) is 7.37. The molecule has 1 aliphatic rings. The lowest BCUT2D eigenvalue weighted by Gasteiger charge is -2.13. The van der Waals surface area contributed by atoms with Gasteiger partial charge < -0.3 is 10.1 Å². The molecule has 0 saturated heterocycles. The van der Waals surface area contributed by atoms with Crippen LogP contribution in [0.15, 0.2) is 41.3 Å². The van der Waals surface area contributed by atoms with E-state index in [1.807, 2.05) is 6.08 Å². The maximum atomic E-state index is 12.0. The SMILES string of the molecule is O=C(CCCCCNC(=O)CC1=CCSC(NC(=O)OCc2cccnc2)=N1)NO. The number of amides is 3. The van der Waals surface area contributed by atoms with E-state index in [2.05, 4.69) is 20.6 Å². The van der Waals surface area contributed by atoms with Crippen molar-refractivity contribution in [2.75, 3.05) is 12.3 Å². The third kappa shape index (κ3) is 9.52. The van der Waals surface area contributed by atoms with Gasteiger partial charge in [0.25, 0.3) is 0 Å². The Balaban J connectivity index is 1.65. The average molecular weight is 436 g/mol. The zero-order valence-electron chi connectivity index (χ0n) is 16.4. The number of nitrogens with zero attached hydrogens (tertiary/aromatic N) is 2. The minimum absolute atomic E-state index is 0.105. The standard InChI is InChI=1S/C19H25N5O5S/c25-16(24-28)6-2-1-3-9-21-17(26)11-15-7-10-30-18(22-15)23-19(27)29-13-14-5-4-8-20-12-14/h4-5,7-8,12,28H,1-3,6,9-11,13H2,(H,21,26)(H,24,25)(H,22,23,27). The van der Waals surface area contributed by atoms with Crippen molar-refractivity contribution < 1.29 is 24.3 Å². The minimum Gasteiger partial charge on any atom is -0.444 e. The largest absolute Gasteiger partial charge is 0.444 e. The maximum Gasteiger partial charge on any atom is 0.413 e. The summed E-state index contributed by atoms with van der Waals surface area (Å²) in [5, 5.41) is 14.2. The molecule has 0 unspecified atom stereocenters. The predicted molar refractivity (Wildman–Crippen MR) is 112 cm³/mol. The van der Waals surface area contributed by atoms with E-state index in [-0.39, 0.29) is 25.4 Å². The molecule has 10 nitrogen and oxygen atoms in total. The van der Waals surface area contributed by atoms with Gasteiger partial charge in [0.15, 0.2) is 5.17 Å². The number of carbonyl (C=O) groups is 3. The van der Waals surface area contributed by atoms with Gasteiger partial charge in [-0.3, -0.25) is 25.1 Å². The molecule has 4 N–H and O–H groups in total. The van der Waals surface area contributed by atoms with Gasteiger partial charge in [0, 0.05) is 42.4 Å². The van der Waals surface area contributed by atoms with Crippen LogP contribution < -0.4 is 16.1 Å². The number of unbranched alkanes of at least 4 members (excludes halogenated alkanes) is 2. The van der Waals surface area contributed by atoms with Crippen LogP contribution in [0.4, 0.5) is 4.79 Å². The highest BCUT2D eigenvalue weighted by Crippen LogP contribution is 2.17. The first-order valence-corrected chi connectivity index (χ1v) is 10.5. The number of alkyl carbamates (subject to hydrolysis) is 1. The number of hydroxylamine groups is 1. The summed E-state index contributed by atoms with van der Waals surface area (Å²) in [6, 6.07) is 3.56. The summed E-state index contributed by atoms with van der Waals surface area (Å²) in [6.45, 7) is 0.602. The fourth-order valence-corrected chi connectivity index (χ4v) is 3.23. The van der Waals surface area contributed by atoms with Crippen LogP contribution >= 0.6 is 11.8 Å². The molecule has 1 aliphatic heterocycles. The third-order valence-electron chi connectivity index (χ3n) is 3.96. The van der Waals surface area contributed by atoms with E-state index in [0.717, 1.165) is 18.4 Å². The molecule has 0 aliphatic carbocycles. The van der Waals surface area contributed by atoms with Crippen LogP contribution in [-0.4, -0.2) is 45.6 Å². The number of nitrogens with one attached hydrogen (secondary N) is 3. The first kappa shape index (κ1) is 23.4. The average Bonchev–Trinajstić information content (AvgIpc) is 2.75. The molecule has 0 saturated carbocycles. The minimum atomic E-state index is -0.620. The summed E-state index contributed by atoms with van der Waals surface area (Å²) in [5.41, 5.74) is 2.94. The monoisotopic (exact) mass is 435 g/mol. The van der Waals surface area contributed by atoms with Crippen LogP contribution in [0.25, 0.3) is 0 Å². The Morgan fingerprint density at radius 1 is 1.20 bits per heavy atom. The normalized spacial score (nSPS) is 13.0. The molecule has 0 aromatic carbocycles. The Kier molecular flexibility index (Phi) is 10.4.